The fourth-order valence-corrected chi connectivity index (χ4v) is 3.18. The highest BCUT2D eigenvalue weighted by Crippen LogP contribution is 2.33. The Morgan fingerprint density at radius 1 is 1.07 bits per heavy atom. The van der Waals surface area contributed by atoms with Crippen molar-refractivity contribution in [3.8, 4) is 22.7 Å². The molecule has 0 fully saturated rings. The highest BCUT2D eigenvalue weighted by atomic mass is 35.5. The van der Waals surface area contributed by atoms with Gasteiger partial charge in [0.2, 0.25) is 5.89 Å². The highest BCUT2D eigenvalue weighted by Gasteiger charge is 2.22. The fourth-order valence-electron chi connectivity index (χ4n) is 2.98. The van der Waals surface area contributed by atoms with Crippen LogP contribution in [0.5, 0.6) is 0 Å². The van der Waals surface area contributed by atoms with Crippen molar-refractivity contribution in [2.24, 2.45) is 0 Å². The van der Waals surface area contributed by atoms with E-state index in [1.807, 2.05) is 61.5 Å². The normalized spacial score (nSPS) is 12.2. The van der Waals surface area contributed by atoms with Crippen molar-refractivity contribution in [1.29, 1.82) is 0 Å². The first-order valence-electron chi connectivity index (χ1n) is 8.95. The predicted molar refractivity (Wildman–Crippen MR) is 107 cm³/mol. The summed E-state index contributed by atoms with van der Waals surface area (Å²) in [5, 5.41) is 16.6. The summed E-state index contributed by atoms with van der Waals surface area (Å²) in [5.41, 5.74) is 3.43. The lowest BCUT2D eigenvalue weighted by Gasteiger charge is -2.12. The minimum absolute atomic E-state index is 0.0891. The van der Waals surface area contributed by atoms with Gasteiger partial charge in [0.25, 0.3) is 5.89 Å². The zero-order valence-corrected chi connectivity index (χ0v) is 16.3. The van der Waals surface area contributed by atoms with E-state index in [1.54, 1.807) is 0 Å². The van der Waals surface area contributed by atoms with Gasteiger partial charge in [-0.25, -0.2) is 0 Å². The number of hydrogen-bond donors (Lipinski definition) is 1. The molecule has 0 bridgehead atoms. The lowest BCUT2D eigenvalue weighted by Crippen LogP contribution is -2.18. The van der Waals surface area contributed by atoms with Crippen molar-refractivity contribution in [3.05, 3.63) is 76.8 Å². The lowest BCUT2D eigenvalue weighted by molar-refractivity contribution is 0.399. The van der Waals surface area contributed by atoms with E-state index in [0.29, 0.717) is 40.4 Å². The molecular formula is C21H19ClN4O2. The molecule has 1 N–H and O–H groups in total. The molecule has 2 heterocycles. The van der Waals surface area contributed by atoms with Gasteiger partial charge >= 0.3 is 0 Å². The smallest absolute Gasteiger partial charge is 0.253 e. The van der Waals surface area contributed by atoms with Crippen LogP contribution in [0.3, 0.4) is 0 Å². The number of halogens is 1. The van der Waals surface area contributed by atoms with E-state index in [9.17, 15) is 0 Å². The molecule has 0 saturated heterocycles. The quantitative estimate of drug-likeness (QED) is 0.484. The number of aryl methyl sites for hydroxylation is 1. The Balaban J connectivity index is 1.52. The second kappa shape index (κ2) is 7.96. The first-order chi connectivity index (χ1) is 13.6. The summed E-state index contributed by atoms with van der Waals surface area (Å²) in [6.45, 7) is 4.32. The van der Waals surface area contributed by atoms with Crippen LogP contribution in [0.1, 0.15) is 30.2 Å². The van der Waals surface area contributed by atoms with Crippen LogP contribution >= 0.6 is 11.6 Å². The van der Waals surface area contributed by atoms with Crippen LogP contribution in [-0.2, 0) is 6.54 Å². The minimum Gasteiger partial charge on any atom is -0.419 e. The van der Waals surface area contributed by atoms with Gasteiger partial charge in [-0.2, -0.15) is 0 Å². The summed E-state index contributed by atoms with van der Waals surface area (Å²) in [6, 6.07) is 17.6. The molecule has 0 amide bonds. The van der Waals surface area contributed by atoms with Gasteiger partial charge in [-0.05, 0) is 31.5 Å². The Kier molecular flexibility index (Phi) is 5.23. The summed E-state index contributed by atoms with van der Waals surface area (Å²) in [7, 11) is 0. The molecule has 0 radical (unpaired) electrons. The molecule has 0 aliphatic heterocycles. The molecule has 0 aliphatic rings. The lowest BCUT2D eigenvalue weighted by atomic mass is 10.1. The number of nitrogens with one attached hydrogen (secondary N) is 1. The van der Waals surface area contributed by atoms with E-state index < -0.39 is 0 Å². The third-order valence-electron chi connectivity index (χ3n) is 4.50. The molecule has 0 aliphatic carbocycles. The van der Waals surface area contributed by atoms with Crippen molar-refractivity contribution in [2.75, 3.05) is 0 Å². The largest absolute Gasteiger partial charge is 0.419 e. The monoisotopic (exact) mass is 394 g/mol. The van der Waals surface area contributed by atoms with Crippen molar-refractivity contribution < 1.29 is 8.94 Å². The van der Waals surface area contributed by atoms with E-state index in [4.69, 9.17) is 20.5 Å². The molecule has 142 valence electrons. The molecule has 2 aromatic heterocycles. The third-order valence-corrected chi connectivity index (χ3v) is 4.73. The second-order valence-electron chi connectivity index (χ2n) is 6.49. The second-order valence-corrected chi connectivity index (χ2v) is 6.92. The Labute approximate surface area is 167 Å². The van der Waals surface area contributed by atoms with Crippen LogP contribution in [0.2, 0.25) is 5.02 Å². The van der Waals surface area contributed by atoms with Crippen LogP contribution < -0.4 is 5.32 Å². The van der Waals surface area contributed by atoms with Gasteiger partial charge in [0.05, 0.1) is 6.54 Å². The van der Waals surface area contributed by atoms with E-state index in [2.05, 4.69) is 27.6 Å². The van der Waals surface area contributed by atoms with Crippen molar-refractivity contribution in [1.82, 2.24) is 20.7 Å². The number of benzene rings is 2. The average Bonchev–Trinajstić information content (AvgIpc) is 3.33. The summed E-state index contributed by atoms with van der Waals surface area (Å²) >= 11 is 6.06. The summed E-state index contributed by atoms with van der Waals surface area (Å²) in [6.07, 6.45) is 0. The number of hydrogen-bond acceptors (Lipinski definition) is 6. The van der Waals surface area contributed by atoms with Crippen molar-refractivity contribution in [3.63, 3.8) is 0 Å². The van der Waals surface area contributed by atoms with Gasteiger partial charge in [-0.3, -0.25) is 0 Å². The van der Waals surface area contributed by atoms with Crippen LogP contribution in [0.4, 0.5) is 0 Å². The Bertz CT molecular complexity index is 1070. The van der Waals surface area contributed by atoms with Crippen molar-refractivity contribution >= 4 is 11.6 Å². The minimum atomic E-state index is 0.0891. The third kappa shape index (κ3) is 3.83. The summed E-state index contributed by atoms with van der Waals surface area (Å²) < 4.78 is 11.2. The molecule has 0 saturated carbocycles. The van der Waals surface area contributed by atoms with Gasteiger partial charge < -0.3 is 14.3 Å². The van der Waals surface area contributed by atoms with Gasteiger partial charge in [-0.1, -0.05) is 59.2 Å². The molecule has 4 aromatic rings. The SMILES string of the molecule is Cc1onc(-c2ccccc2)c1-c1nnc(CN[C@H](C)c2cccc(Cl)c2)o1. The molecule has 2 aromatic carbocycles. The molecule has 0 spiro atoms. The molecule has 28 heavy (non-hydrogen) atoms. The Hall–Kier alpha value is -2.96. The zero-order chi connectivity index (χ0) is 19.5. The maximum atomic E-state index is 6.06. The van der Waals surface area contributed by atoms with Crippen LogP contribution in [0.15, 0.2) is 63.5 Å². The average molecular weight is 395 g/mol. The number of rotatable bonds is 6. The maximum absolute atomic E-state index is 6.06. The standard InChI is InChI=1S/C21H19ClN4O2/c1-13(16-9-6-10-17(22)11-16)23-12-18-24-25-21(27-18)19-14(2)28-26-20(19)15-7-4-3-5-8-15/h3-11,13,23H,12H2,1-2H3/t13-/m1/s1. The number of nitrogens with zero attached hydrogens (tertiary/aromatic N) is 3. The Morgan fingerprint density at radius 3 is 2.68 bits per heavy atom. The zero-order valence-electron chi connectivity index (χ0n) is 15.5. The van der Waals surface area contributed by atoms with Crippen molar-refractivity contribution in [2.45, 2.75) is 26.4 Å². The predicted octanol–water partition coefficient (Wildman–Crippen LogP) is 5.20. The van der Waals surface area contributed by atoms with E-state index in [-0.39, 0.29) is 6.04 Å². The maximum Gasteiger partial charge on any atom is 0.253 e. The first-order valence-corrected chi connectivity index (χ1v) is 9.33. The first kappa shape index (κ1) is 18.4. The van der Waals surface area contributed by atoms with E-state index in [0.717, 1.165) is 11.1 Å². The van der Waals surface area contributed by atoms with Crippen LogP contribution in [0, 0.1) is 6.92 Å². The molecule has 0 unspecified atom stereocenters. The molecule has 4 rings (SSSR count). The Morgan fingerprint density at radius 2 is 1.89 bits per heavy atom. The van der Waals surface area contributed by atoms with Crippen LogP contribution in [0.25, 0.3) is 22.7 Å². The van der Waals surface area contributed by atoms with Gasteiger partial charge in [0, 0.05) is 16.6 Å². The molecular weight excluding hydrogens is 376 g/mol. The van der Waals surface area contributed by atoms with E-state index >= 15 is 0 Å². The molecule has 7 heteroatoms. The van der Waals surface area contributed by atoms with Gasteiger partial charge in [0.1, 0.15) is 17.0 Å². The summed E-state index contributed by atoms with van der Waals surface area (Å²) in [4.78, 5) is 0. The number of aromatic nitrogens is 3. The molecule has 6 nitrogen and oxygen atoms in total. The highest BCUT2D eigenvalue weighted by molar-refractivity contribution is 6.30. The van der Waals surface area contributed by atoms with Gasteiger partial charge in [0.15, 0.2) is 0 Å². The topological polar surface area (TPSA) is 77.0 Å². The fraction of sp³-hybridized carbons (Fsp3) is 0.190. The molecule has 1 atom stereocenters. The summed E-state index contributed by atoms with van der Waals surface area (Å²) in [5.74, 6) is 1.52. The van der Waals surface area contributed by atoms with E-state index in [1.165, 1.54) is 0 Å². The van der Waals surface area contributed by atoms with Crippen LogP contribution in [-0.4, -0.2) is 15.4 Å². The van der Waals surface area contributed by atoms with Gasteiger partial charge in [-0.15, -0.1) is 10.2 Å².